The summed E-state index contributed by atoms with van der Waals surface area (Å²) in [5.74, 6) is -0.0965. The number of carbonyl (C=O) groups excluding carboxylic acids is 1. The fourth-order valence-electron chi connectivity index (χ4n) is 2.19. The third kappa shape index (κ3) is 3.86. The number of hydrogen-bond donors (Lipinski definition) is 1. The van der Waals surface area contributed by atoms with Gasteiger partial charge in [0, 0.05) is 12.8 Å². The van der Waals surface area contributed by atoms with Gasteiger partial charge in [0.1, 0.15) is 6.10 Å². The molecule has 2 rings (SSSR count). The Hall–Kier alpha value is -1.35. The highest BCUT2D eigenvalue weighted by Gasteiger charge is 2.22. The Morgan fingerprint density at radius 3 is 2.59 bits per heavy atom. The van der Waals surface area contributed by atoms with Gasteiger partial charge in [-0.3, -0.25) is 4.79 Å². The van der Waals surface area contributed by atoms with Crippen LogP contribution in [0.5, 0.6) is 0 Å². The Bertz CT molecular complexity index is 356. The maximum absolute atomic E-state index is 11.7. The van der Waals surface area contributed by atoms with Crippen molar-refractivity contribution in [2.24, 2.45) is 0 Å². The molecule has 0 radical (unpaired) electrons. The molecule has 1 aromatic rings. The minimum absolute atomic E-state index is 0.0965. The molecule has 0 bridgehead atoms. The first-order valence-corrected chi connectivity index (χ1v) is 6.29. The number of benzene rings is 1. The lowest BCUT2D eigenvalue weighted by molar-refractivity contribution is -0.885. The maximum Gasteiger partial charge on any atom is 0.310 e. The van der Waals surface area contributed by atoms with Crippen molar-refractivity contribution in [2.75, 3.05) is 20.1 Å². The molecule has 1 fully saturated rings. The van der Waals surface area contributed by atoms with Crippen molar-refractivity contribution in [1.82, 2.24) is 0 Å². The normalized spacial score (nSPS) is 24.3. The molecule has 3 nitrogen and oxygen atoms in total. The van der Waals surface area contributed by atoms with Gasteiger partial charge < -0.3 is 9.64 Å². The second-order valence-corrected chi connectivity index (χ2v) is 4.81. The van der Waals surface area contributed by atoms with E-state index < -0.39 is 0 Å². The zero-order valence-corrected chi connectivity index (χ0v) is 10.3. The van der Waals surface area contributed by atoms with Gasteiger partial charge in [0.2, 0.25) is 0 Å². The third-order valence-electron chi connectivity index (χ3n) is 3.28. The summed E-state index contributed by atoms with van der Waals surface area (Å²) < 4.78 is 5.49. The third-order valence-corrected chi connectivity index (χ3v) is 3.28. The number of rotatable bonds is 3. The Morgan fingerprint density at radius 2 is 1.94 bits per heavy atom. The average molecular weight is 234 g/mol. The fourth-order valence-corrected chi connectivity index (χ4v) is 2.19. The first kappa shape index (κ1) is 12.1. The second-order valence-electron chi connectivity index (χ2n) is 4.81. The molecule has 0 amide bonds. The highest BCUT2D eigenvalue weighted by atomic mass is 16.5. The molecule has 1 aliphatic heterocycles. The summed E-state index contributed by atoms with van der Waals surface area (Å²) in [4.78, 5) is 13.3. The van der Waals surface area contributed by atoms with Crippen LogP contribution in [0.3, 0.4) is 0 Å². The van der Waals surface area contributed by atoms with Crippen LogP contribution in [0, 0.1) is 0 Å². The summed E-state index contributed by atoms with van der Waals surface area (Å²) in [5, 5.41) is 0. The van der Waals surface area contributed by atoms with Crippen LogP contribution in [0.25, 0.3) is 0 Å². The van der Waals surface area contributed by atoms with E-state index in [9.17, 15) is 4.79 Å². The number of esters is 1. The molecule has 0 saturated carbocycles. The zero-order chi connectivity index (χ0) is 12.1. The van der Waals surface area contributed by atoms with Gasteiger partial charge >= 0.3 is 5.97 Å². The SMILES string of the molecule is C[NH+]1CCC(OC(=O)Cc2ccccc2)CC1. The van der Waals surface area contributed by atoms with Crippen molar-refractivity contribution < 1.29 is 14.4 Å². The molecule has 1 saturated heterocycles. The molecule has 0 unspecified atom stereocenters. The molecular weight excluding hydrogens is 214 g/mol. The molecule has 1 N–H and O–H groups in total. The lowest BCUT2D eigenvalue weighted by Gasteiger charge is -2.26. The van der Waals surface area contributed by atoms with Crippen LogP contribution in [0.1, 0.15) is 18.4 Å². The number of likely N-dealkylation sites (tertiary alicyclic amines) is 1. The van der Waals surface area contributed by atoms with Crippen LogP contribution >= 0.6 is 0 Å². The number of quaternary nitrogens is 1. The summed E-state index contributed by atoms with van der Waals surface area (Å²) in [5.41, 5.74) is 1.02. The summed E-state index contributed by atoms with van der Waals surface area (Å²) in [6.45, 7) is 2.20. The van der Waals surface area contributed by atoms with Gasteiger partial charge in [0.05, 0.1) is 26.6 Å². The summed E-state index contributed by atoms with van der Waals surface area (Å²) >= 11 is 0. The first-order valence-electron chi connectivity index (χ1n) is 6.29. The monoisotopic (exact) mass is 234 g/mol. The molecule has 0 spiro atoms. The van der Waals surface area contributed by atoms with Crippen molar-refractivity contribution in [1.29, 1.82) is 0 Å². The van der Waals surface area contributed by atoms with E-state index in [1.807, 2.05) is 30.3 Å². The quantitative estimate of drug-likeness (QED) is 0.770. The number of piperidine rings is 1. The zero-order valence-electron chi connectivity index (χ0n) is 10.3. The smallest absolute Gasteiger partial charge is 0.310 e. The van der Waals surface area contributed by atoms with Gasteiger partial charge in [-0.15, -0.1) is 0 Å². The van der Waals surface area contributed by atoms with E-state index in [0.717, 1.165) is 31.5 Å². The predicted octanol–water partition coefficient (Wildman–Crippen LogP) is 0.449. The number of carbonyl (C=O) groups is 1. The molecule has 1 aliphatic rings. The highest BCUT2D eigenvalue weighted by molar-refractivity contribution is 5.72. The summed E-state index contributed by atoms with van der Waals surface area (Å²) in [7, 11) is 2.18. The van der Waals surface area contributed by atoms with Gasteiger partial charge in [-0.1, -0.05) is 30.3 Å². The van der Waals surface area contributed by atoms with Crippen molar-refractivity contribution in [3.05, 3.63) is 35.9 Å². The second kappa shape index (κ2) is 5.82. The minimum atomic E-state index is -0.0965. The molecule has 17 heavy (non-hydrogen) atoms. The summed E-state index contributed by atoms with van der Waals surface area (Å²) in [6, 6.07) is 9.76. The van der Waals surface area contributed by atoms with E-state index in [0.29, 0.717) is 6.42 Å². The lowest BCUT2D eigenvalue weighted by Crippen LogP contribution is -3.10. The Morgan fingerprint density at radius 1 is 1.29 bits per heavy atom. The molecule has 0 aliphatic carbocycles. The standard InChI is InChI=1S/C14H19NO2/c1-15-9-7-13(8-10-15)17-14(16)11-12-5-3-2-4-6-12/h2-6,13H,7-11H2,1H3/p+1. The van der Waals surface area contributed by atoms with Crippen molar-refractivity contribution in [3.8, 4) is 0 Å². The van der Waals surface area contributed by atoms with Crippen LogP contribution in [0.4, 0.5) is 0 Å². The van der Waals surface area contributed by atoms with Gasteiger partial charge in [-0.2, -0.15) is 0 Å². The van der Waals surface area contributed by atoms with E-state index in [4.69, 9.17) is 4.74 Å². The van der Waals surface area contributed by atoms with Crippen LogP contribution < -0.4 is 4.90 Å². The van der Waals surface area contributed by atoms with E-state index in [-0.39, 0.29) is 12.1 Å². The minimum Gasteiger partial charge on any atom is -0.462 e. The van der Waals surface area contributed by atoms with Crippen molar-refractivity contribution in [2.45, 2.75) is 25.4 Å². The Labute approximate surface area is 102 Å². The molecule has 0 aromatic heterocycles. The maximum atomic E-state index is 11.7. The highest BCUT2D eigenvalue weighted by Crippen LogP contribution is 2.08. The largest absolute Gasteiger partial charge is 0.462 e. The average Bonchev–Trinajstić information content (AvgIpc) is 2.33. The van der Waals surface area contributed by atoms with Crippen LogP contribution in [-0.2, 0) is 16.0 Å². The van der Waals surface area contributed by atoms with Crippen molar-refractivity contribution in [3.63, 3.8) is 0 Å². The molecule has 3 heteroatoms. The Balaban J connectivity index is 1.78. The van der Waals surface area contributed by atoms with E-state index in [2.05, 4.69) is 7.05 Å². The van der Waals surface area contributed by atoms with E-state index in [1.165, 1.54) is 4.90 Å². The molecule has 1 aromatic carbocycles. The summed E-state index contributed by atoms with van der Waals surface area (Å²) in [6.07, 6.45) is 2.51. The van der Waals surface area contributed by atoms with Gasteiger partial charge in [0.15, 0.2) is 0 Å². The van der Waals surface area contributed by atoms with Crippen LogP contribution in [-0.4, -0.2) is 32.2 Å². The fraction of sp³-hybridized carbons (Fsp3) is 0.500. The number of nitrogens with one attached hydrogen (secondary N) is 1. The first-order chi connectivity index (χ1) is 8.24. The number of ether oxygens (including phenoxy) is 1. The van der Waals surface area contributed by atoms with Crippen LogP contribution in [0.2, 0.25) is 0 Å². The Kier molecular flexibility index (Phi) is 4.15. The molecule has 0 atom stereocenters. The van der Waals surface area contributed by atoms with Crippen molar-refractivity contribution >= 4 is 5.97 Å². The molecule has 92 valence electrons. The van der Waals surface area contributed by atoms with Crippen LogP contribution in [0.15, 0.2) is 30.3 Å². The van der Waals surface area contributed by atoms with E-state index >= 15 is 0 Å². The van der Waals surface area contributed by atoms with Gasteiger partial charge in [-0.05, 0) is 5.56 Å². The predicted molar refractivity (Wildman–Crippen MR) is 65.9 cm³/mol. The lowest BCUT2D eigenvalue weighted by atomic mass is 10.1. The molecule has 1 heterocycles. The number of hydrogen-bond acceptors (Lipinski definition) is 2. The topological polar surface area (TPSA) is 30.7 Å². The van der Waals surface area contributed by atoms with Gasteiger partial charge in [0.25, 0.3) is 0 Å². The molecular formula is C14H20NO2+. The van der Waals surface area contributed by atoms with Gasteiger partial charge in [-0.25, -0.2) is 0 Å². The van der Waals surface area contributed by atoms with E-state index in [1.54, 1.807) is 0 Å².